The Bertz CT molecular complexity index is 557. The third-order valence-corrected chi connectivity index (χ3v) is 6.03. The van der Waals surface area contributed by atoms with E-state index >= 15 is 0 Å². The van der Waals surface area contributed by atoms with Crippen molar-refractivity contribution in [1.29, 1.82) is 0 Å². The topological polar surface area (TPSA) is 58.2 Å². The van der Waals surface area contributed by atoms with Gasteiger partial charge in [-0.1, -0.05) is 6.07 Å². The lowest BCUT2D eigenvalue weighted by Gasteiger charge is -2.12. The normalized spacial score (nSPS) is 19.4. The Morgan fingerprint density at radius 3 is 2.90 bits per heavy atom. The van der Waals surface area contributed by atoms with Gasteiger partial charge in [0.2, 0.25) is 10.0 Å². The molecule has 0 amide bonds. The lowest BCUT2D eigenvalue weighted by atomic mass is 10.2. The molecule has 0 aromatic heterocycles. The van der Waals surface area contributed by atoms with Crippen LogP contribution in [0, 0.1) is 5.82 Å². The summed E-state index contributed by atoms with van der Waals surface area (Å²) in [7, 11) is -2.03. The van der Waals surface area contributed by atoms with Crippen LogP contribution in [-0.4, -0.2) is 33.0 Å². The Kier molecular flexibility index (Phi) is 5.42. The quantitative estimate of drug-likeness (QED) is 0.838. The van der Waals surface area contributed by atoms with Crippen LogP contribution >= 0.6 is 11.8 Å². The lowest BCUT2D eigenvalue weighted by molar-refractivity contribution is 0.554. The zero-order valence-electron chi connectivity index (χ0n) is 11.4. The minimum Gasteiger partial charge on any atom is -0.316 e. The Morgan fingerprint density at radius 1 is 1.45 bits per heavy atom. The molecule has 0 aliphatic carbocycles. The SMILES string of the molecule is CNCc1ccc(F)c(S(=O)(=O)NCC2CCCS2)c1. The number of rotatable bonds is 6. The molecule has 0 radical (unpaired) electrons. The number of halogens is 1. The molecule has 0 saturated carbocycles. The summed E-state index contributed by atoms with van der Waals surface area (Å²) in [6.45, 7) is 0.865. The minimum atomic E-state index is -3.79. The third-order valence-electron chi connectivity index (χ3n) is 3.19. The van der Waals surface area contributed by atoms with Gasteiger partial charge in [0.05, 0.1) is 0 Å². The van der Waals surface area contributed by atoms with Crippen molar-refractivity contribution in [2.75, 3.05) is 19.3 Å². The van der Waals surface area contributed by atoms with Crippen molar-refractivity contribution in [1.82, 2.24) is 10.0 Å². The maximum Gasteiger partial charge on any atom is 0.243 e. The van der Waals surface area contributed by atoms with Crippen LogP contribution in [0.1, 0.15) is 18.4 Å². The molecular formula is C13H19FN2O2S2. The largest absolute Gasteiger partial charge is 0.316 e. The number of sulfonamides is 1. The van der Waals surface area contributed by atoms with E-state index in [2.05, 4.69) is 10.0 Å². The molecule has 2 N–H and O–H groups in total. The van der Waals surface area contributed by atoms with E-state index in [1.807, 2.05) is 0 Å². The van der Waals surface area contributed by atoms with E-state index in [-0.39, 0.29) is 4.90 Å². The number of nitrogens with one attached hydrogen (secondary N) is 2. The van der Waals surface area contributed by atoms with Crippen LogP contribution < -0.4 is 10.0 Å². The fourth-order valence-corrected chi connectivity index (χ4v) is 4.67. The molecular weight excluding hydrogens is 299 g/mol. The van der Waals surface area contributed by atoms with Crippen LogP contribution in [0.3, 0.4) is 0 Å². The van der Waals surface area contributed by atoms with E-state index in [0.29, 0.717) is 18.3 Å². The highest BCUT2D eigenvalue weighted by molar-refractivity contribution is 8.00. The van der Waals surface area contributed by atoms with Gasteiger partial charge < -0.3 is 5.32 Å². The number of thioether (sulfide) groups is 1. The van der Waals surface area contributed by atoms with Crippen molar-refractivity contribution in [2.45, 2.75) is 29.5 Å². The Labute approximate surface area is 123 Å². The second-order valence-corrected chi connectivity index (χ2v) is 7.93. The number of hydrogen-bond donors (Lipinski definition) is 2. The molecule has 1 saturated heterocycles. The molecule has 4 nitrogen and oxygen atoms in total. The minimum absolute atomic E-state index is 0.270. The van der Waals surface area contributed by atoms with Gasteiger partial charge in [0.25, 0.3) is 0 Å². The van der Waals surface area contributed by atoms with Crippen LogP contribution in [0.25, 0.3) is 0 Å². The zero-order chi connectivity index (χ0) is 14.6. The Balaban J connectivity index is 2.12. The van der Waals surface area contributed by atoms with Crippen molar-refractivity contribution in [3.63, 3.8) is 0 Å². The summed E-state index contributed by atoms with van der Waals surface area (Å²) in [6.07, 6.45) is 2.12. The summed E-state index contributed by atoms with van der Waals surface area (Å²) in [5, 5.41) is 3.22. The van der Waals surface area contributed by atoms with E-state index in [0.717, 1.165) is 24.2 Å². The summed E-state index contributed by atoms with van der Waals surface area (Å²) in [4.78, 5) is -0.270. The summed E-state index contributed by atoms with van der Waals surface area (Å²) >= 11 is 1.76. The van der Waals surface area contributed by atoms with Crippen molar-refractivity contribution in [2.24, 2.45) is 0 Å². The molecule has 1 aliphatic heterocycles. The lowest BCUT2D eigenvalue weighted by Crippen LogP contribution is -2.30. The van der Waals surface area contributed by atoms with Gasteiger partial charge in [-0.05, 0) is 43.3 Å². The molecule has 1 heterocycles. The molecule has 7 heteroatoms. The fourth-order valence-electron chi connectivity index (χ4n) is 2.15. The number of benzene rings is 1. The average Bonchev–Trinajstić information content (AvgIpc) is 2.92. The van der Waals surface area contributed by atoms with Crippen molar-refractivity contribution < 1.29 is 12.8 Å². The molecule has 1 aromatic rings. The highest BCUT2D eigenvalue weighted by Gasteiger charge is 2.22. The van der Waals surface area contributed by atoms with Crippen LogP contribution in [0.4, 0.5) is 4.39 Å². The molecule has 1 aliphatic rings. The van der Waals surface area contributed by atoms with E-state index in [1.165, 1.54) is 12.1 Å². The molecule has 1 atom stereocenters. The van der Waals surface area contributed by atoms with Gasteiger partial charge in [-0.25, -0.2) is 17.5 Å². The molecule has 0 bridgehead atoms. The number of hydrogen-bond acceptors (Lipinski definition) is 4. The molecule has 1 fully saturated rings. The summed E-state index contributed by atoms with van der Waals surface area (Å²) in [5.41, 5.74) is 0.740. The first-order valence-electron chi connectivity index (χ1n) is 6.57. The van der Waals surface area contributed by atoms with Gasteiger partial charge >= 0.3 is 0 Å². The van der Waals surface area contributed by atoms with E-state index in [9.17, 15) is 12.8 Å². The average molecular weight is 318 g/mol. The van der Waals surface area contributed by atoms with Gasteiger partial charge in [0.15, 0.2) is 0 Å². The van der Waals surface area contributed by atoms with Gasteiger partial charge in [-0.3, -0.25) is 0 Å². The first kappa shape index (κ1) is 15.8. The third kappa shape index (κ3) is 3.94. The van der Waals surface area contributed by atoms with Gasteiger partial charge in [0, 0.05) is 18.3 Å². The molecule has 1 aromatic carbocycles. The summed E-state index contributed by atoms with van der Waals surface area (Å²) < 4.78 is 40.7. The fraction of sp³-hybridized carbons (Fsp3) is 0.538. The van der Waals surface area contributed by atoms with Crippen LogP contribution in [0.5, 0.6) is 0 Å². The first-order chi connectivity index (χ1) is 9.53. The van der Waals surface area contributed by atoms with Gasteiger partial charge in [0.1, 0.15) is 10.7 Å². The maximum atomic E-state index is 13.8. The van der Waals surface area contributed by atoms with Gasteiger partial charge in [-0.2, -0.15) is 11.8 Å². The van der Waals surface area contributed by atoms with Crippen LogP contribution in [0.2, 0.25) is 0 Å². The molecule has 2 rings (SSSR count). The molecule has 0 spiro atoms. The zero-order valence-corrected chi connectivity index (χ0v) is 13.0. The summed E-state index contributed by atoms with van der Waals surface area (Å²) in [5.74, 6) is 0.356. The van der Waals surface area contributed by atoms with Crippen LogP contribution in [0.15, 0.2) is 23.1 Å². The van der Waals surface area contributed by atoms with E-state index in [4.69, 9.17) is 0 Å². The highest BCUT2D eigenvalue weighted by Crippen LogP contribution is 2.26. The first-order valence-corrected chi connectivity index (χ1v) is 9.10. The highest BCUT2D eigenvalue weighted by atomic mass is 32.2. The smallest absolute Gasteiger partial charge is 0.243 e. The maximum absolute atomic E-state index is 13.8. The van der Waals surface area contributed by atoms with Gasteiger partial charge in [-0.15, -0.1) is 0 Å². The Morgan fingerprint density at radius 2 is 2.25 bits per heavy atom. The summed E-state index contributed by atoms with van der Waals surface area (Å²) in [6, 6.07) is 4.17. The van der Waals surface area contributed by atoms with Crippen molar-refractivity contribution >= 4 is 21.8 Å². The van der Waals surface area contributed by atoms with Crippen molar-refractivity contribution in [3.8, 4) is 0 Å². The van der Waals surface area contributed by atoms with E-state index < -0.39 is 15.8 Å². The predicted octanol–water partition coefficient (Wildman–Crippen LogP) is 1.72. The predicted molar refractivity (Wildman–Crippen MR) is 79.8 cm³/mol. The van der Waals surface area contributed by atoms with Crippen LogP contribution in [-0.2, 0) is 16.6 Å². The van der Waals surface area contributed by atoms with E-state index in [1.54, 1.807) is 24.9 Å². The Hall–Kier alpha value is -0.630. The monoisotopic (exact) mass is 318 g/mol. The molecule has 1 unspecified atom stereocenters. The molecule has 112 valence electrons. The molecule has 20 heavy (non-hydrogen) atoms. The standard InChI is InChI=1S/C13H19FN2O2S2/c1-15-8-10-4-5-12(14)13(7-10)20(17,18)16-9-11-3-2-6-19-11/h4-5,7,11,15-16H,2-3,6,8-9H2,1H3. The second-order valence-electron chi connectivity index (χ2n) is 4.78. The van der Waals surface area contributed by atoms with Crippen molar-refractivity contribution in [3.05, 3.63) is 29.6 Å². The second kappa shape index (κ2) is 6.89.